The summed E-state index contributed by atoms with van der Waals surface area (Å²) in [7, 11) is -5.47. The molecule has 24 heavy (non-hydrogen) atoms. The van der Waals surface area contributed by atoms with Gasteiger partial charge in [-0.25, -0.2) is 0 Å². The van der Waals surface area contributed by atoms with E-state index in [1.807, 2.05) is 0 Å². The Hall–Kier alpha value is 1.00. The molecule has 2 saturated heterocycles. The Kier molecular flexibility index (Phi) is 6.91. The monoisotopic (exact) mass is 420 g/mol. The highest BCUT2D eigenvalue weighted by molar-refractivity contribution is 7.67. The van der Waals surface area contributed by atoms with Gasteiger partial charge in [0, 0.05) is 19.8 Å². The maximum absolute atomic E-state index is 6.26. The standard InChI is InChI=1S/C9H24OSi3.C8H20OSi2/c1-9-8-11(2,3)13(6,7)12(4,5)10-9;1-8-6-7-10(2,3)11(4,5)9-8/h9H,8H2,1-7H3;8H,6-7H2,1-5H3. The SMILES string of the molecule is CC1CC[Si](C)(C)[Si](C)(C)O1.CC1C[Si](C)(C)[Si](C)(C)[Si](C)(C)O1. The summed E-state index contributed by atoms with van der Waals surface area (Å²) in [5.41, 5.74) is 0. The third-order valence-corrected chi connectivity index (χ3v) is 65.1. The lowest BCUT2D eigenvalue weighted by molar-refractivity contribution is 0.206. The lowest BCUT2D eigenvalue weighted by Gasteiger charge is -2.54. The van der Waals surface area contributed by atoms with Gasteiger partial charge in [0.1, 0.15) is 0 Å². The van der Waals surface area contributed by atoms with Gasteiger partial charge in [-0.05, 0) is 52.5 Å². The molecular weight excluding hydrogens is 377 g/mol. The Morgan fingerprint density at radius 1 is 0.625 bits per heavy atom. The molecule has 0 spiro atoms. The predicted molar refractivity (Wildman–Crippen MR) is 123 cm³/mol. The highest BCUT2D eigenvalue weighted by atomic mass is 29.6. The van der Waals surface area contributed by atoms with Crippen molar-refractivity contribution >= 4 is 38.0 Å². The van der Waals surface area contributed by atoms with E-state index in [9.17, 15) is 0 Å². The zero-order chi connectivity index (χ0) is 19.2. The van der Waals surface area contributed by atoms with E-state index >= 15 is 0 Å². The summed E-state index contributed by atoms with van der Waals surface area (Å²) < 4.78 is 12.3. The van der Waals surface area contributed by atoms with Crippen LogP contribution >= 0.6 is 0 Å². The molecule has 0 aromatic heterocycles. The van der Waals surface area contributed by atoms with Gasteiger partial charge < -0.3 is 8.85 Å². The Morgan fingerprint density at radius 3 is 1.46 bits per heavy atom. The van der Waals surface area contributed by atoms with Crippen molar-refractivity contribution in [2.75, 3.05) is 0 Å². The second-order valence-corrected chi connectivity index (χ2v) is 53.6. The van der Waals surface area contributed by atoms with E-state index in [0.717, 1.165) is 0 Å². The molecule has 0 amide bonds. The van der Waals surface area contributed by atoms with Crippen molar-refractivity contribution in [3.8, 4) is 0 Å². The second kappa shape index (κ2) is 7.20. The summed E-state index contributed by atoms with van der Waals surface area (Å²) >= 11 is 0. The number of rotatable bonds is 0. The zero-order valence-corrected chi connectivity index (χ0v) is 23.6. The van der Waals surface area contributed by atoms with Crippen LogP contribution in [0, 0.1) is 0 Å². The molecule has 2 fully saturated rings. The van der Waals surface area contributed by atoms with Gasteiger partial charge in [-0.3, -0.25) is 0 Å². The van der Waals surface area contributed by atoms with Crippen LogP contribution in [0.15, 0.2) is 0 Å². The lowest BCUT2D eigenvalue weighted by atomic mass is 10.3. The summed E-state index contributed by atoms with van der Waals surface area (Å²) in [6.07, 6.45) is 2.39. The average molecular weight is 421 g/mol. The second-order valence-electron chi connectivity index (χ2n) is 11.0. The molecule has 7 heteroatoms. The predicted octanol–water partition coefficient (Wildman–Crippen LogP) is 5.97. The Bertz CT molecular complexity index is 426. The fourth-order valence-electron chi connectivity index (χ4n) is 4.07. The van der Waals surface area contributed by atoms with Crippen LogP contribution in [0.4, 0.5) is 0 Å². The molecule has 2 aliphatic heterocycles. The smallest absolute Gasteiger partial charge is 0.174 e. The summed E-state index contributed by atoms with van der Waals surface area (Å²) in [5.74, 6) is 0. The third kappa shape index (κ3) is 4.64. The molecule has 2 rings (SSSR count). The van der Waals surface area contributed by atoms with Gasteiger partial charge in [-0.2, -0.15) is 0 Å². The third-order valence-electron chi connectivity index (χ3n) is 7.79. The van der Waals surface area contributed by atoms with Crippen LogP contribution < -0.4 is 0 Å². The van der Waals surface area contributed by atoms with Crippen molar-refractivity contribution < 1.29 is 8.85 Å². The Balaban J connectivity index is 0.000000243. The maximum Gasteiger partial charge on any atom is 0.174 e. The normalized spacial score (nSPS) is 35.5. The van der Waals surface area contributed by atoms with Crippen molar-refractivity contribution in [2.24, 2.45) is 0 Å². The molecule has 0 N–H and O–H groups in total. The van der Waals surface area contributed by atoms with Gasteiger partial charge in [0.15, 0.2) is 15.7 Å². The Labute approximate surface area is 156 Å². The summed E-state index contributed by atoms with van der Waals surface area (Å²) in [6.45, 7) is 29.5. The van der Waals surface area contributed by atoms with Crippen LogP contribution in [-0.4, -0.2) is 50.2 Å². The molecule has 0 bridgehead atoms. The molecule has 0 aliphatic carbocycles. The van der Waals surface area contributed by atoms with E-state index in [2.05, 4.69) is 79.3 Å². The van der Waals surface area contributed by atoms with Gasteiger partial charge in [0.2, 0.25) is 0 Å². The largest absolute Gasteiger partial charge is 0.418 e. The van der Waals surface area contributed by atoms with E-state index in [1.54, 1.807) is 0 Å². The van der Waals surface area contributed by atoms with Gasteiger partial charge in [-0.15, -0.1) is 0 Å². The molecule has 2 unspecified atom stereocenters. The first-order chi connectivity index (χ1) is 10.5. The molecule has 0 saturated carbocycles. The fourth-order valence-corrected chi connectivity index (χ4v) is 41.1. The summed E-state index contributed by atoms with van der Waals surface area (Å²) in [6, 6.07) is 2.87. The van der Waals surface area contributed by atoms with E-state index in [0.29, 0.717) is 12.2 Å². The van der Waals surface area contributed by atoms with Gasteiger partial charge in [-0.1, -0.05) is 45.3 Å². The Morgan fingerprint density at radius 2 is 1.08 bits per heavy atom. The van der Waals surface area contributed by atoms with Crippen molar-refractivity contribution in [3.05, 3.63) is 0 Å². The van der Waals surface area contributed by atoms with E-state index in [-0.39, 0.29) is 0 Å². The van der Waals surface area contributed by atoms with E-state index in [4.69, 9.17) is 8.85 Å². The van der Waals surface area contributed by atoms with Crippen LogP contribution in [0.5, 0.6) is 0 Å². The number of hydrogen-bond donors (Lipinski definition) is 0. The highest BCUT2D eigenvalue weighted by Gasteiger charge is 2.57. The van der Waals surface area contributed by atoms with Crippen LogP contribution in [0.3, 0.4) is 0 Å². The van der Waals surface area contributed by atoms with Crippen molar-refractivity contribution in [1.29, 1.82) is 0 Å². The van der Waals surface area contributed by atoms with Crippen LogP contribution in [0.1, 0.15) is 20.3 Å². The molecule has 0 radical (unpaired) electrons. The molecule has 0 aromatic rings. The van der Waals surface area contributed by atoms with Gasteiger partial charge in [0.25, 0.3) is 0 Å². The number of hydrogen-bond acceptors (Lipinski definition) is 2. The summed E-state index contributed by atoms with van der Waals surface area (Å²) in [5, 5.41) is 0. The van der Waals surface area contributed by atoms with Crippen molar-refractivity contribution in [2.45, 2.75) is 110 Å². The van der Waals surface area contributed by atoms with E-state index < -0.39 is 38.0 Å². The van der Waals surface area contributed by atoms with Crippen LogP contribution in [0.2, 0.25) is 77.6 Å². The topological polar surface area (TPSA) is 18.5 Å². The minimum Gasteiger partial charge on any atom is -0.418 e. The highest BCUT2D eigenvalue weighted by Crippen LogP contribution is 2.39. The first-order valence-electron chi connectivity index (χ1n) is 9.81. The zero-order valence-electron chi connectivity index (χ0n) is 18.6. The minimum absolute atomic E-state index is 0.539. The molecule has 2 atom stereocenters. The minimum atomic E-state index is -1.32. The fraction of sp³-hybridized carbons (Fsp3) is 1.00. The summed E-state index contributed by atoms with van der Waals surface area (Å²) in [4.78, 5) is 0. The molecule has 2 heterocycles. The van der Waals surface area contributed by atoms with Crippen LogP contribution in [-0.2, 0) is 8.85 Å². The van der Waals surface area contributed by atoms with Crippen molar-refractivity contribution in [1.82, 2.24) is 0 Å². The van der Waals surface area contributed by atoms with Crippen LogP contribution in [0.25, 0.3) is 0 Å². The van der Waals surface area contributed by atoms with Crippen molar-refractivity contribution in [3.63, 3.8) is 0 Å². The quantitative estimate of drug-likeness (QED) is 0.449. The maximum atomic E-state index is 6.26. The molecule has 2 nitrogen and oxygen atoms in total. The molecule has 0 aromatic carbocycles. The van der Waals surface area contributed by atoms with E-state index in [1.165, 1.54) is 18.5 Å². The first kappa shape index (κ1) is 23.0. The average Bonchev–Trinajstić information content (AvgIpc) is 2.31. The van der Waals surface area contributed by atoms with Gasteiger partial charge in [0.05, 0.1) is 14.7 Å². The molecule has 2 aliphatic rings. The lowest BCUT2D eigenvalue weighted by Crippen LogP contribution is -2.75. The first-order valence-corrected chi connectivity index (χ1v) is 28.0. The molecular formula is C17H44O2Si5. The van der Waals surface area contributed by atoms with Gasteiger partial charge >= 0.3 is 0 Å². The molecule has 144 valence electrons.